The Balaban J connectivity index is 2.21. The first kappa shape index (κ1) is 13.5. The van der Waals surface area contributed by atoms with Crippen molar-refractivity contribution in [2.45, 2.75) is 18.6 Å². The molecule has 1 heterocycles. The molecule has 2 N–H and O–H groups in total. The van der Waals surface area contributed by atoms with Crippen molar-refractivity contribution in [3.05, 3.63) is 41.5 Å². The van der Waals surface area contributed by atoms with E-state index in [9.17, 15) is 8.42 Å². The van der Waals surface area contributed by atoms with Crippen LogP contribution in [0.4, 0.5) is 5.69 Å². The normalized spacial score (nSPS) is 13.4. The molecule has 6 nitrogen and oxygen atoms in total. The number of sulfone groups is 1. The van der Waals surface area contributed by atoms with E-state index < -0.39 is 15.1 Å². The molecule has 102 valence electrons. The molecular weight excluding hydrogens is 266 g/mol. The molecule has 1 aromatic carbocycles. The quantitative estimate of drug-likeness (QED) is 0.849. The van der Waals surface area contributed by atoms with Crippen LogP contribution >= 0.6 is 0 Å². The first-order valence-electron chi connectivity index (χ1n) is 5.72. The van der Waals surface area contributed by atoms with Crippen LogP contribution in [0.3, 0.4) is 0 Å². The van der Waals surface area contributed by atoms with Crippen LogP contribution in [0.25, 0.3) is 0 Å². The van der Waals surface area contributed by atoms with Gasteiger partial charge in [0.25, 0.3) is 0 Å². The highest BCUT2D eigenvalue weighted by molar-refractivity contribution is 7.90. The molecule has 1 unspecified atom stereocenters. The molecule has 0 aliphatic rings. The second kappa shape index (κ2) is 5.00. The Labute approximate surface area is 111 Å². The van der Waals surface area contributed by atoms with E-state index in [0.717, 1.165) is 11.8 Å². The highest BCUT2D eigenvalue weighted by Crippen LogP contribution is 2.20. The van der Waals surface area contributed by atoms with Gasteiger partial charge in [-0.25, -0.2) is 8.42 Å². The first-order valence-corrected chi connectivity index (χ1v) is 7.68. The van der Waals surface area contributed by atoms with Crippen LogP contribution in [0.15, 0.2) is 28.8 Å². The Kier molecular flexibility index (Phi) is 3.57. The Morgan fingerprint density at radius 1 is 1.37 bits per heavy atom. The van der Waals surface area contributed by atoms with Gasteiger partial charge in [-0.15, -0.1) is 0 Å². The van der Waals surface area contributed by atoms with E-state index in [1.165, 1.54) is 6.92 Å². The number of nitrogen functional groups attached to an aromatic ring is 1. The van der Waals surface area contributed by atoms with E-state index in [4.69, 9.17) is 10.3 Å². The summed E-state index contributed by atoms with van der Waals surface area (Å²) in [7, 11) is -3.23. The second-order valence-electron chi connectivity index (χ2n) is 4.39. The number of nitrogens with two attached hydrogens (primary N) is 1. The standard InChI is InChI=1S/C12H15N3O3S/c1-8(19(2,16)17)12-14-11(18-15-12)7-9-5-3-4-6-10(9)13/h3-6,8H,7,13H2,1-2H3. The van der Waals surface area contributed by atoms with E-state index >= 15 is 0 Å². The fraction of sp³-hybridized carbons (Fsp3) is 0.333. The lowest BCUT2D eigenvalue weighted by Crippen LogP contribution is -2.09. The first-order chi connectivity index (χ1) is 8.88. The number of hydrogen-bond donors (Lipinski definition) is 1. The van der Waals surface area contributed by atoms with Crippen molar-refractivity contribution in [1.29, 1.82) is 0 Å². The highest BCUT2D eigenvalue weighted by atomic mass is 32.2. The van der Waals surface area contributed by atoms with Crippen molar-refractivity contribution >= 4 is 15.5 Å². The van der Waals surface area contributed by atoms with Gasteiger partial charge in [0.2, 0.25) is 5.89 Å². The second-order valence-corrected chi connectivity index (χ2v) is 6.76. The zero-order valence-corrected chi connectivity index (χ0v) is 11.5. The topological polar surface area (TPSA) is 99.1 Å². The summed E-state index contributed by atoms with van der Waals surface area (Å²) in [6, 6.07) is 7.34. The van der Waals surface area contributed by atoms with Gasteiger partial charge in [-0.1, -0.05) is 23.4 Å². The fourth-order valence-corrected chi connectivity index (χ4v) is 2.03. The average molecular weight is 281 g/mol. The van der Waals surface area contributed by atoms with Crippen molar-refractivity contribution < 1.29 is 12.9 Å². The molecule has 0 radical (unpaired) electrons. The zero-order chi connectivity index (χ0) is 14.0. The molecular formula is C12H15N3O3S. The molecule has 2 rings (SSSR count). The van der Waals surface area contributed by atoms with Crippen LogP contribution in [0.5, 0.6) is 0 Å². The molecule has 0 aliphatic carbocycles. The van der Waals surface area contributed by atoms with Crippen molar-refractivity contribution in [3.63, 3.8) is 0 Å². The van der Waals surface area contributed by atoms with Crippen LogP contribution in [-0.4, -0.2) is 24.8 Å². The van der Waals surface area contributed by atoms with Gasteiger partial charge < -0.3 is 10.3 Å². The Hall–Kier alpha value is -1.89. The average Bonchev–Trinajstić information content (AvgIpc) is 2.78. The third kappa shape index (κ3) is 3.11. The highest BCUT2D eigenvalue weighted by Gasteiger charge is 2.23. The summed E-state index contributed by atoms with van der Waals surface area (Å²) in [5, 5.41) is 2.92. The summed E-state index contributed by atoms with van der Waals surface area (Å²) in [5.41, 5.74) is 7.32. The van der Waals surface area contributed by atoms with Gasteiger partial charge in [0.15, 0.2) is 15.7 Å². The number of anilines is 1. The summed E-state index contributed by atoms with van der Waals surface area (Å²) >= 11 is 0. The van der Waals surface area contributed by atoms with E-state index in [1.54, 1.807) is 6.07 Å². The Morgan fingerprint density at radius 2 is 2.05 bits per heavy atom. The van der Waals surface area contributed by atoms with Crippen LogP contribution in [0, 0.1) is 0 Å². The maximum Gasteiger partial charge on any atom is 0.231 e. The van der Waals surface area contributed by atoms with Crippen molar-refractivity contribution in [3.8, 4) is 0 Å². The summed E-state index contributed by atoms with van der Waals surface area (Å²) in [6.45, 7) is 1.53. The van der Waals surface area contributed by atoms with Crippen molar-refractivity contribution in [1.82, 2.24) is 10.1 Å². The van der Waals surface area contributed by atoms with Crippen LogP contribution in [-0.2, 0) is 16.3 Å². The Morgan fingerprint density at radius 3 is 2.68 bits per heavy atom. The van der Waals surface area contributed by atoms with Gasteiger partial charge in [0.1, 0.15) is 5.25 Å². The zero-order valence-electron chi connectivity index (χ0n) is 10.7. The van der Waals surface area contributed by atoms with Gasteiger partial charge in [0, 0.05) is 11.9 Å². The Bertz CT molecular complexity index is 679. The molecule has 0 bridgehead atoms. The third-order valence-corrected chi connectivity index (χ3v) is 4.38. The van der Waals surface area contributed by atoms with Crippen molar-refractivity contribution in [2.24, 2.45) is 0 Å². The van der Waals surface area contributed by atoms with Crippen molar-refractivity contribution in [2.75, 3.05) is 12.0 Å². The van der Waals surface area contributed by atoms with E-state index in [0.29, 0.717) is 18.0 Å². The number of aromatic nitrogens is 2. The van der Waals surface area contributed by atoms with Gasteiger partial charge in [-0.3, -0.25) is 0 Å². The van der Waals surface area contributed by atoms with Gasteiger partial charge >= 0.3 is 0 Å². The predicted octanol–water partition coefficient (Wildman–Crippen LogP) is 1.35. The molecule has 0 saturated carbocycles. The predicted molar refractivity (Wildman–Crippen MR) is 71.2 cm³/mol. The molecule has 19 heavy (non-hydrogen) atoms. The number of nitrogens with zero attached hydrogens (tertiary/aromatic N) is 2. The molecule has 0 saturated heterocycles. The maximum absolute atomic E-state index is 11.4. The van der Waals surface area contributed by atoms with E-state index in [-0.39, 0.29) is 5.82 Å². The molecule has 1 aromatic heterocycles. The molecule has 0 aliphatic heterocycles. The van der Waals surface area contributed by atoms with E-state index in [2.05, 4.69) is 10.1 Å². The van der Waals surface area contributed by atoms with Gasteiger partial charge in [0.05, 0.1) is 6.42 Å². The monoisotopic (exact) mass is 281 g/mol. The lowest BCUT2D eigenvalue weighted by Gasteiger charge is -2.02. The third-order valence-electron chi connectivity index (χ3n) is 2.89. The smallest absolute Gasteiger partial charge is 0.231 e. The lowest BCUT2D eigenvalue weighted by atomic mass is 10.1. The number of para-hydroxylation sites is 1. The number of rotatable bonds is 4. The SMILES string of the molecule is CC(c1noc(Cc2ccccc2N)n1)S(C)(=O)=O. The molecule has 1 atom stereocenters. The summed E-state index contributed by atoms with van der Waals surface area (Å²) in [6.07, 6.45) is 1.53. The largest absolute Gasteiger partial charge is 0.398 e. The summed E-state index contributed by atoms with van der Waals surface area (Å²) < 4.78 is 27.9. The molecule has 7 heteroatoms. The van der Waals surface area contributed by atoms with Gasteiger partial charge in [-0.2, -0.15) is 4.98 Å². The fourth-order valence-electron chi connectivity index (χ4n) is 1.55. The van der Waals surface area contributed by atoms with Gasteiger partial charge in [-0.05, 0) is 18.6 Å². The maximum atomic E-state index is 11.4. The number of hydrogen-bond acceptors (Lipinski definition) is 6. The molecule has 0 spiro atoms. The summed E-state index contributed by atoms with van der Waals surface area (Å²) in [5.74, 6) is 0.524. The molecule has 0 amide bonds. The molecule has 0 fully saturated rings. The molecule has 2 aromatic rings. The lowest BCUT2D eigenvalue weighted by molar-refractivity contribution is 0.379. The van der Waals surface area contributed by atoms with Crippen LogP contribution < -0.4 is 5.73 Å². The minimum absolute atomic E-state index is 0.173. The van der Waals surface area contributed by atoms with Crippen LogP contribution in [0.1, 0.15) is 29.5 Å². The number of benzene rings is 1. The summed E-state index contributed by atoms with van der Waals surface area (Å²) in [4.78, 5) is 4.10. The van der Waals surface area contributed by atoms with Crippen LogP contribution in [0.2, 0.25) is 0 Å². The minimum atomic E-state index is -3.23. The minimum Gasteiger partial charge on any atom is -0.398 e. The van der Waals surface area contributed by atoms with E-state index in [1.807, 2.05) is 18.2 Å².